The van der Waals surface area contributed by atoms with E-state index in [-0.39, 0.29) is 6.04 Å². The van der Waals surface area contributed by atoms with Crippen molar-refractivity contribution in [1.82, 2.24) is 20.3 Å². The molecule has 17 heavy (non-hydrogen) atoms. The normalized spacial score (nSPS) is 30.3. The number of piperidine rings is 1. The molecule has 1 saturated heterocycles. The molecule has 92 valence electrons. The van der Waals surface area contributed by atoms with Crippen molar-refractivity contribution in [3.63, 3.8) is 0 Å². The highest BCUT2D eigenvalue weighted by molar-refractivity contribution is 5.80. The number of nitrogens with one attached hydrogen (secondary N) is 1. The maximum Gasteiger partial charge on any atom is 0.136 e. The minimum atomic E-state index is 0.0653. The molecule has 1 aromatic rings. The molecule has 1 N–H and O–H groups in total. The summed E-state index contributed by atoms with van der Waals surface area (Å²) < 4.78 is 1.69. The van der Waals surface area contributed by atoms with E-state index in [2.05, 4.69) is 15.6 Å². The summed E-state index contributed by atoms with van der Waals surface area (Å²) in [5, 5.41) is 11.6. The first kappa shape index (κ1) is 10.9. The molecule has 1 aliphatic carbocycles. The minimum absolute atomic E-state index is 0.0653. The first-order chi connectivity index (χ1) is 8.22. The number of nitrogens with zero attached hydrogens (tertiary/aromatic N) is 3. The Bertz CT molecular complexity index is 424. The Morgan fingerprint density at radius 3 is 2.82 bits per heavy atom. The first-order valence-electron chi connectivity index (χ1n) is 6.36. The fraction of sp³-hybridized carbons (Fsp3) is 0.750. The molecule has 2 aliphatic rings. The fourth-order valence-electron chi connectivity index (χ4n) is 2.79. The number of Topliss-reactive ketones (excluding diaryl/α,β-unsaturated/α-hetero) is 1. The molecule has 1 aliphatic heterocycles. The van der Waals surface area contributed by atoms with E-state index in [0.29, 0.717) is 30.6 Å². The van der Waals surface area contributed by atoms with Crippen molar-refractivity contribution < 1.29 is 4.79 Å². The summed E-state index contributed by atoms with van der Waals surface area (Å²) in [6, 6.07) is 0.424. The lowest BCUT2D eigenvalue weighted by molar-refractivity contribution is -0.122. The second-order valence-electron chi connectivity index (χ2n) is 5.28. The number of ketones is 1. The number of hydrogen-bond acceptors (Lipinski definition) is 4. The summed E-state index contributed by atoms with van der Waals surface area (Å²) in [6.45, 7) is 0. The standard InChI is InChI=1S/C12H18N4O/c1-16-7-12(14-15-16)11-6-9(17)5-10(13-11)8-3-2-4-8/h7-8,10-11,13H,2-6H2,1H3. The molecule has 5 nitrogen and oxygen atoms in total. The van der Waals surface area contributed by atoms with Crippen molar-refractivity contribution in [3.05, 3.63) is 11.9 Å². The Morgan fingerprint density at radius 2 is 2.24 bits per heavy atom. The van der Waals surface area contributed by atoms with Gasteiger partial charge in [0.25, 0.3) is 0 Å². The van der Waals surface area contributed by atoms with E-state index in [4.69, 9.17) is 0 Å². The molecule has 5 heteroatoms. The number of hydrogen-bond donors (Lipinski definition) is 1. The van der Waals surface area contributed by atoms with Gasteiger partial charge in [-0.2, -0.15) is 0 Å². The zero-order valence-corrected chi connectivity index (χ0v) is 10.1. The number of carbonyl (C=O) groups is 1. The van der Waals surface area contributed by atoms with E-state index in [1.807, 2.05) is 13.2 Å². The third-order valence-corrected chi connectivity index (χ3v) is 3.99. The number of rotatable bonds is 2. The molecule has 1 aromatic heterocycles. The summed E-state index contributed by atoms with van der Waals surface area (Å²) in [5.41, 5.74) is 0.893. The smallest absolute Gasteiger partial charge is 0.136 e. The highest BCUT2D eigenvalue weighted by Crippen LogP contribution is 2.35. The predicted octanol–water partition coefficient (Wildman–Crippen LogP) is 0.977. The summed E-state index contributed by atoms with van der Waals surface area (Å²) >= 11 is 0. The monoisotopic (exact) mass is 234 g/mol. The summed E-state index contributed by atoms with van der Waals surface area (Å²) in [7, 11) is 1.85. The lowest BCUT2D eigenvalue weighted by Crippen LogP contribution is -2.47. The Kier molecular flexibility index (Phi) is 2.70. The van der Waals surface area contributed by atoms with Crippen molar-refractivity contribution in [2.24, 2.45) is 13.0 Å². The Labute approximate surface area is 101 Å². The average Bonchev–Trinajstić information content (AvgIpc) is 2.61. The van der Waals surface area contributed by atoms with Crippen LogP contribution in [0, 0.1) is 5.92 Å². The molecule has 0 amide bonds. The van der Waals surface area contributed by atoms with Crippen molar-refractivity contribution in [2.45, 2.75) is 44.2 Å². The van der Waals surface area contributed by atoms with Crippen LogP contribution in [0.4, 0.5) is 0 Å². The topological polar surface area (TPSA) is 59.8 Å². The van der Waals surface area contributed by atoms with Crippen LogP contribution < -0.4 is 5.32 Å². The van der Waals surface area contributed by atoms with Gasteiger partial charge in [0.2, 0.25) is 0 Å². The van der Waals surface area contributed by atoms with Gasteiger partial charge in [-0.25, -0.2) is 0 Å². The third kappa shape index (κ3) is 2.11. The molecule has 0 aromatic carbocycles. The predicted molar refractivity (Wildman–Crippen MR) is 62.2 cm³/mol. The Hall–Kier alpha value is -1.23. The molecule has 1 saturated carbocycles. The Morgan fingerprint density at radius 1 is 1.41 bits per heavy atom. The molecular weight excluding hydrogens is 216 g/mol. The molecule has 0 radical (unpaired) electrons. The van der Waals surface area contributed by atoms with E-state index in [1.54, 1.807) is 4.68 Å². The molecular formula is C12H18N4O. The number of aromatic nitrogens is 3. The SMILES string of the molecule is Cn1cc(C2CC(=O)CC(C3CCC3)N2)nn1. The van der Waals surface area contributed by atoms with Crippen LogP contribution in [0.3, 0.4) is 0 Å². The lowest BCUT2D eigenvalue weighted by atomic mass is 9.76. The van der Waals surface area contributed by atoms with Crippen LogP contribution in [0.15, 0.2) is 6.20 Å². The van der Waals surface area contributed by atoms with Crippen LogP contribution in [-0.4, -0.2) is 26.8 Å². The van der Waals surface area contributed by atoms with Crippen LogP contribution in [0.1, 0.15) is 43.8 Å². The van der Waals surface area contributed by atoms with Gasteiger partial charge in [-0.15, -0.1) is 5.10 Å². The summed E-state index contributed by atoms with van der Waals surface area (Å²) in [6.07, 6.45) is 6.99. The van der Waals surface area contributed by atoms with Crippen LogP contribution in [0.25, 0.3) is 0 Å². The van der Waals surface area contributed by atoms with Gasteiger partial charge < -0.3 is 5.32 Å². The van der Waals surface area contributed by atoms with Gasteiger partial charge in [-0.3, -0.25) is 9.48 Å². The highest BCUT2D eigenvalue weighted by atomic mass is 16.1. The highest BCUT2D eigenvalue weighted by Gasteiger charge is 2.35. The van der Waals surface area contributed by atoms with Crippen molar-refractivity contribution in [3.8, 4) is 0 Å². The number of carbonyl (C=O) groups excluding carboxylic acids is 1. The molecule has 2 fully saturated rings. The van der Waals surface area contributed by atoms with Crippen LogP contribution in [0.5, 0.6) is 0 Å². The maximum absolute atomic E-state index is 11.8. The lowest BCUT2D eigenvalue weighted by Gasteiger charge is -2.39. The van der Waals surface area contributed by atoms with Crippen molar-refractivity contribution >= 4 is 5.78 Å². The second-order valence-corrected chi connectivity index (χ2v) is 5.28. The zero-order valence-electron chi connectivity index (χ0n) is 10.1. The van der Waals surface area contributed by atoms with E-state index in [0.717, 1.165) is 5.69 Å². The summed E-state index contributed by atoms with van der Waals surface area (Å²) in [4.78, 5) is 11.8. The molecule has 2 atom stereocenters. The first-order valence-corrected chi connectivity index (χ1v) is 6.36. The quantitative estimate of drug-likeness (QED) is 0.828. The van der Waals surface area contributed by atoms with Crippen LogP contribution in [-0.2, 0) is 11.8 Å². The number of aryl methyl sites for hydroxylation is 1. The van der Waals surface area contributed by atoms with Gasteiger partial charge in [0, 0.05) is 32.1 Å². The van der Waals surface area contributed by atoms with Gasteiger partial charge in [0.05, 0.1) is 6.04 Å². The van der Waals surface area contributed by atoms with Gasteiger partial charge in [0.1, 0.15) is 11.5 Å². The fourth-order valence-corrected chi connectivity index (χ4v) is 2.79. The van der Waals surface area contributed by atoms with E-state index in [1.165, 1.54) is 19.3 Å². The van der Waals surface area contributed by atoms with E-state index in [9.17, 15) is 4.79 Å². The Balaban J connectivity index is 1.74. The van der Waals surface area contributed by atoms with Crippen molar-refractivity contribution in [1.29, 1.82) is 0 Å². The molecule has 2 heterocycles. The summed E-state index contributed by atoms with van der Waals surface area (Å²) in [5.74, 6) is 1.05. The largest absolute Gasteiger partial charge is 0.305 e. The van der Waals surface area contributed by atoms with Gasteiger partial charge in [-0.05, 0) is 18.8 Å². The minimum Gasteiger partial charge on any atom is -0.305 e. The second kappa shape index (κ2) is 4.22. The van der Waals surface area contributed by atoms with Gasteiger partial charge in [-0.1, -0.05) is 11.6 Å². The van der Waals surface area contributed by atoms with Gasteiger partial charge in [0.15, 0.2) is 0 Å². The van der Waals surface area contributed by atoms with Crippen molar-refractivity contribution in [2.75, 3.05) is 0 Å². The van der Waals surface area contributed by atoms with Crippen LogP contribution >= 0.6 is 0 Å². The average molecular weight is 234 g/mol. The molecule has 0 spiro atoms. The maximum atomic E-state index is 11.8. The molecule has 2 unspecified atom stereocenters. The molecule has 3 rings (SSSR count). The van der Waals surface area contributed by atoms with Gasteiger partial charge >= 0.3 is 0 Å². The third-order valence-electron chi connectivity index (χ3n) is 3.99. The molecule has 0 bridgehead atoms. The van der Waals surface area contributed by atoms with E-state index >= 15 is 0 Å². The zero-order chi connectivity index (χ0) is 11.8. The van der Waals surface area contributed by atoms with Crippen LogP contribution in [0.2, 0.25) is 0 Å². The van der Waals surface area contributed by atoms with E-state index < -0.39 is 0 Å².